The molecule has 0 aliphatic heterocycles. The zero-order valence-corrected chi connectivity index (χ0v) is 8.95. The van der Waals surface area contributed by atoms with E-state index in [9.17, 15) is 8.78 Å². The summed E-state index contributed by atoms with van der Waals surface area (Å²) >= 11 is 0. The minimum atomic E-state index is -0.437. The highest BCUT2D eigenvalue weighted by atomic mass is 19.1. The third-order valence-corrected chi connectivity index (χ3v) is 2.51. The molecule has 2 aromatic carbocycles. The summed E-state index contributed by atoms with van der Waals surface area (Å²) < 4.78 is 26.7. The highest BCUT2D eigenvalue weighted by molar-refractivity contribution is 5.68. The fourth-order valence-electron chi connectivity index (χ4n) is 1.74. The highest BCUT2D eigenvalue weighted by Gasteiger charge is 2.10. The lowest BCUT2D eigenvalue weighted by Gasteiger charge is -2.08. The first-order chi connectivity index (χ1) is 8.22. The topological polar surface area (TPSA) is 23.8 Å². The van der Waals surface area contributed by atoms with E-state index in [1.807, 2.05) is 6.07 Å². The van der Waals surface area contributed by atoms with Gasteiger partial charge in [-0.2, -0.15) is 5.26 Å². The highest BCUT2D eigenvalue weighted by Crippen LogP contribution is 2.26. The van der Waals surface area contributed by atoms with E-state index in [0.29, 0.717) is 16.7 Å². The fourth-order valence-corrected chi connectivity index (χ4v) is 1.74. The second kappa shape index (κ2) is 4.75. The lowest BCUT2D eigenvalue weighted by atomic mass is 9.97. The second-order valence-electron chi connectivity index (χ2n) is 3.61. The Kier molecular flexibility index (Phi) is 3.15. The van der Waals surface area contributed by atoms with Gasteiger partial charge in [-0.25, -0.2) is 8.78 Å². The lowest BCUT2D eigenvalue weighted by Crippen LogP contribution is -1.93. The van der Waals surface area contributed by atoms with Crippen molar-refractivity contribution in [2.45, 2.75) is 6.42 Å². The maximum Gasteiger partial charge on any atom is 0.128 e. The third kappa shape index (κ3) is 2.31. The van der Waals surface area contributed by atoms with Crippen LogP contribution in [0.15, 0.2) is 42.5 Å². The standard InChI is InChI=1S/C14H9F2N/c15-11-4-1-3-10(9-11)12-5-2-6-14(16)13(12)7-8-17/h1-6,9H,7H2. The summed E-state index contributed by atoms with van der Waals surface area (Å²) in [4.78, 5) is 0. The molecule has 0 spiro atoms. The maximum atomic E-state index is 13.6. The van der Waals surface area contributed by atoms with Gasteiger partial charge in [0.15, 0.2) is 0 Å². The van der Waals surface area contributed by atoms with E-state index < -0.39 is 5.82 Å². The van der Waals surface area contributed by atoms with Gasteiger partial charge in [-0.15, -0.1) is 0 Å². The molecule has 0 atom stereocenters. The molecular formula is C14H9F2N. The Hall–Kier alpha value is -2.21. The van der Waals surface area contributed by atoms with E-state index in [-0.39, 0.29) is 12.2 Å². The van der Waals surface area contributed by atoms with Crippen molar-refractivity contribution in [2.75, 3.05) is 0 Å². The van der Waals surface area contributed by atoms with Gasteiger partial charge in [0.2, 0.25) is 0 Å². The maximum absolute atomic E-state index is 13.6. The summed E-state index contributed by atoms with van der Waals surface area (Å²) in [5, 5.41) is 8.68. The molecule has 2 rings (SSSR count). The van der Waals surface area contributed by atoms with E-state index in [1.165, 1.54) is 18.2 Å². The molecule has 0 aromatic heterocycles. The Morgan fingerprint density at radius 2 is 1.82 bits per heavy atom. The van der Waals surface area contributed by atoms with Gasteiger partial charge in [0.25, 0.3) is 0 Å². The molecule has 0 fully saturated rings. The number of rotatable bonds is 2. The van der Waals surface area contributed by atoms with Crippen molar-refractivity contribution in [3.8, 4) is 17.2 Å². The van der Waals surface area contributed by atoms with E-state index in [2.05, 4.69) is 0 Å². The first kappa shape index (κ1) is 11.3. The van der Waals surface area contributed by atoms with Crippen LogP contribution in [0.1, 0.15) is 5.56 Å². The van der Waals surface area contributed by atoms with Crippen LogP contribution in [0, 0.1) is 23.0 Å². The summed E-state index contributed by atoms with van der Waals surface area (Å²) in [5.41, 5.74) is 1.45. The number of hydrogen-bond donors (Lipinski definition) is 0. The van der Waals surface area contributed by atoms with Crippen LogP contribution in [0.25, 0.3) is 11.1 Å². The van der Waals surface area contributed by atoms with Gasteiger partial charge in [0.05, 0.1) is 12.5 Å². The first-order valence-corrected chi connectivity index (χ1v) is 5.12. The van der Waals surface area contributed by atoms with Crippen LogP contribution in [-0.4, -0.2) is 0 Å². The largest absolute Gasteiger partial charge is 0.207 e. The monoisotopic (exact) mass is 229 g/mol. The molecule has 0 bridgehead atoms. The summed E-state index contributed by atoms with van der Waals surface area (Å²) in [6.07, 6.45) is -0.0292. The number of nitriles is 1. The van der Waals surface area contributed by atoms with Crippen LogP contribution in [0.4, 0.5) is 8.78 Å². The van der Waals surface area contributed by atoms with Crippen LogP contribution in [0.3, 0.4) is 0 Å². The van der Waals surface area contributed by atoms with E-state index in [0.717, 1.165) is 0 Å². The fraction of sp³-hybridized carbons (Fsp3) is 0.0714. The smallest absolute Gasteiger partial charge is 0.128 e. The molecule has 0 saturated carbocycles. The predicted molar refractivity (Wildman–Crippen MR) is 61.1 cm³/mol. The molecule has 0 amide bonds. The number of nitrogens with zero attached hydrogens (tertiary/aromatic N) is 1. The minimum Gasteiger partial charge on any atom is -0.207 e. The molecule has 0 N–H and O–H groups in total. The molecule has 0 aliphatic carbocycles. The molecular weight excluding hydrogens is 220 g/mol. The SMILES string of the molecule is N#CCc1c(F)cccc1-c1cccc(F)c1. The molecule has 1 nitrogen and oxygen atoms in total. The Morgan fingerprint density at radius 1 is 1.06 bits per heavy atom. The van der Waals surface area contributed by atoms with Crippen molar-refractivity contribution in [1.82, 2.24) is 0 Å². The van der Waals surface area contributed by atoms with Gasteiger partial charge in [-0.3, -0.25) is 0 Å². The average Bonchev–Trinajstić information content (AvgIpc) is 2.32. The molecule has 84 valence electrons. The van der Waals surface area contributed by atoms with Crippen molar-refractivity contribution in [2.24, 2.45) is 0 Å². The van der Waals surface area contributed by atoms with E-state index in [1.54, 1.807) is 24.3 Å². The molecule has 0 heterocycles. The summed E-state index contributed by atoms with van der Waals surface area (Å²) in [6, 6.07) is 12.4. The average molecular weight is 229 g/mol. The molecule has 2 aromatic rings. The van der Waals surface area contributed by atoms with Crippen molar-refractivity contribution in [1.29, 1.82) is 5.26 Å². The van der Waals surface area contributed by atoms with Gasteiger partial charge in [0.1, 0.15) is 11.6 Å². The van der Waals surface area contributed by atoms with Crippen LogP contribution < -0.4 is 0 Å². The van der Waals surface area contributed by atoms with Gasteiger partial charge in [-0.05, 0) is 29.3 Å². The van der Waals surface area contributed by atoms with Gasteiger partial charge >= 0.3 is 0 Å². The molecule has 0 radical (unpaired) electrons. The van der Waals surface area contributed by atoms with Crippen molar-refractivity contribution in [3.63, 3.8) is 0 Å². The minimum absolute atomic E-state index is 0.0292. The Morgan fingerprint density at radius 3 is 2.53 bits per heavy atom. The third-order valence-electron chi connectivity index (χ3n) is 2.51. The molecule has 0 aliphatic rings. The van der Waals surface area contributed by atoms with Crippen LogP contribution in [0.2, 0.25) is 0 Å². The summed E-state index contributed by atoms with van der Waals surface area (Å²) in [7, 11) is 0. The normalized spacial score (nSPS) is 9.94. The molecule has 17 heavy (non-hydrogen) atoms. The lowest BCUT2D eigenvalue weighted by molar-refractivity contribution is 0.615. The van der Waals surface area contributed by atoms with Gasteiger partial charge < -0.3 is 0 Å². The summed E-state index contributed by atoms with van der Waals surface area (Å²) in [6.45, 7) is 0. The van der Waals surface area contributed by atoms with Crippen molar-refractivity contribution in [3.05, 3.63) is 59.7 Å². The van der Waals surface area contributed by atoms with Crippen LogP contribution in [0.5, 0.6) is 0 Å². The predicted octanol–water partition coefficient (Wildman–Crippen LogP) is 3.70. The van der Waals surface area contributed by atoms with Gasteiger partial charge in [0, 0.05) is 5.56 Å². The number of benzene rings is 2. The van der Waals surface area contributed by atoms with Crippen molar-refractivity contribution < 1.29 is 8.78 Å². The number of halogens is 2. The molecule has 3 heteroatoms. The van der Waals surface area contributed by atoms with Gasteiger partial charge in [-0.1, -0.05) is 24.3 Å². The molecule has 0 saturated heterocycles. The number of hydrogen-bond acceptors (Lipinski definition) is 1. The zero-order chi connectivity index (χ0) is 12.3. The zero-order valence-electron chi connectivity index (χ0n) is 8.95. The quantitative estimate of drug-likeness (QED) is 0.770. The van der Waals surface area contributed by atoms with Crippen LogP contribution in [-0.2, 0) is 6.42 Å². The Labute approximate surface area is 97.9 Å². The Bertz CT molecular complexity index is 585. The van der Waals surface area contributed by atoms with Crippen LogP contribution >= 0.6 is 0 Å². The van der Waals surface area contributed by atoms with Crippen molar-refractivity contribution >= 4 is 0 Å². The first-order valence-electron chi connectivity index (χ1n) is 5.12. The second-order valence-corrected chi connectivity index (χ2v) is 3.61. The van der Waals surface area contributed by atoms with E-state index >= 15 is 0 Å². The van der Waals surface area contributed by atoms with E-state index in [4.69, 9.17) is 5.26 Å². The molecule has 0 unspecified atom stereocenters. The summed E-state index contributed by atoms with van der Waals surface area (Å²) in [5.74, 6) is -0.817. The Balaban J connectivity index is 2.59.